The SMILES string of the molecule is CCC1(CC)CN(Cc2ncnn2C)C(C)CCN1. The van der Waals surface area contributed by atoms with Crippen LogP contribution in [0.1, 0.15) is 45.9 Å². The van der Waals surface area contributed by atoms with Crippen LogP contribution >= 0.6 is 0 Å². The summed E-state index contributed by atoms with van der Waals surface area (Å²) in [6.45, 7) is 9.98. The summed E-state index contributed by atoms with van der Waals surface area (Å²) >= 11 is 0. The van der Waals surface area contributed by atoms with Crippen LogP contribution < -0.4 is 5.32 Å². The topological polar surface area (TPSA) is 46.0 Å². The first-order chi connectivity index (χ1) is 9.10. The third-order valence-corrected chi connectivity index (χ3v) is 4.69. The van der Waals surface area contributed by atoms with Crippen molar-refractivity contribution < 1.29 is 0 Å². The lowest BCUT2D eigenvalue weighted by molar-refractivity contribution is 0.147. The third kappa shape index (κ3) is 3.15. The standard InChI is InChI=1S/C14H27N5/c1-5-14(6-2)10-19(12(3)7-8-16-14)9-13-15-11-17-18(13)4/h11-12,16H,5-10H2,1-4H3. The molecule has 2 heterocycles. The zero-order chi connectivity index (χ0) is 13.9. The van der Waals surface area contributed by atoms with Crippen molar-refractivity contribution in [3.8, 4) is 0 Å². The van der Waals surface area contributed by atoms with E-state index in [1.165, 1.54) is 19.3 Å². The number of rotatable bonds is 4. The third-order valence-electron chi connectivity index (χ3n) is 4.69. The van der Waals surface area contributed by atoms with E-state index in [9.17, 15) is 0 Å². The number of hydrogen-bond donors (Lipinski definition) is 1. The summed E-state index contributed by atoms with van der Waals surface area (Å²) in [6.07, 6.45) is 5.18. The summed E-state index contributed by atoms with van der Waals surface area (Å²) < 4.78 is 1.88. The van der Waals surface area contributed by atoms with E-state index in [1.54, 1.807) is 6.33 Å². The van der Waals surface area contributed by atoms with Gasteiger partial charge in [0.15, 0.2) is 0 Å². The van der Waals surface area contributed by atoms with Crippen LogP contribution in [-0.4, -0.2) is 44.3 Å². The van der Waals surface area contributed by atoms with Crippen LogP contribution in [0.25, 0.3) is 0 Å². The Morgan fingerprint density at radius 3 is 2.74 bits per heavy atom. The van der Waals surface area contributed by atoms with E-state index in [2.05, 4.69) is 41.1 Å². The molecule has 5 nitrogen and oxygen atoms in total. The maximum Gasteiger partial charge on any atom is 0.140 e. The highest BCUT2D eigenvalue weighted by Crippen LogP contribution is 2.23. The molecule has 0 spiro atoms. The van der Waals surface area contributed by atoms with Gasteiger partial charge >= 0.3 is 0 Å². The Balaban J connectivity index is 2.14. The molecule has 19 heavy (non-hydrogen) atoms. The minimum absolute atomic E-state index is 0.253. The molecule has 0 saturated carbocycles. The van der Waals surface area contributed by atoms with Crippen molar-refractivity contribution in [2.45, 2.75) is 58.2 Å². The highest BCUT2D eigenvalue weighted by atomic mass is 15.3. The van der Waals surface area contributed by atoms with Gasteiger partial charge in [0, 0.05) is 25.2 Å². The second kappa shape index (κ2) is 6.01. The molecule has 1 aliphatic heterocycles. The highest BCUT2D eigenvalue weighted by Gasteiger charge is 2.33. The van der Waals surface area contributed by atoms with E-state index >= 15 is 0 Å². The van der Waals surface area contributed by atoms with Crippen molar-refractivity contribution >= 4 is 0 Å². The highest BCUT2D eigenvalue weighted by molar-refractivity contribution is 4.95. The van der Waals surface area contributed by atoms with Crippen LogP contribution in [0.2, 0.25) is 0 Å². The first kappa shape index (κ1) is 14.5. The summed E-state index contributed by atoms with van der Waals surface area (Å²) in [5.74, 6) is 1.05. The number of aromatic nitrogens is 3. The predicted octanol–water partition coefficient (Wildman–Crippen LogP) is 1.56. The van der Waals surface area contributed by atoms with Gasteiger partial charge < -0.3 is 5.32 Å². The van der Waals surface area contributed by atoms with Gasteiger partial charge in [-0.25, -0.2) is 4.98 Å². The fourth-order valence-corrected chi connectivity index (χ4v) is 2.91. The molecule has 0 bridgehead atoms. The molecule has 1 saturated heterocycles. The van der Waals surface area contributed by atoms with E-state index in [0.717, 1.165) is 25.5 Å². The summed E-state index contributed by atoms with van der Waals surface area (Å²) in [5.41, 5.74) is 0.253. The Kier molecular flexibility index (Phi) is 4.58. The van der Waals surface area contributed by atoms with Gasteiger partial charge in [-0.05, 0) is 32.7 Å². The zero-order valence-corrected chi connectivity index (χ0v) is 12.7. The Morgan fingerprint density at radius 2 is 2.16 bits per heavy atom. The van der Waals surface area contributed by atoms with Crippen LogP contribution in [0.15, 0.2) is 6.33 Å². The fraction of sp³-hybridized carbons (Fsp3) is 0.857. The van der Waals surface area contributed by atoms with E-state index in [0.29, 0.717) is 6.04 Å². The molecule has 1 aliphatic rings. The molecular weight excluding hydrogens is 238 g/mol. The van der Waals surface area contributed by atoms with Crippen LogP contribution in [0.4, 0.5) is 0 Å². The quantitative estimate of drug-likeness (QED) is 0.897. The molecular formula is C14H27N5. The van der Waals surface area contributed by atoms with Gasteiger partial charge in [-0.15, -0.1) is 0 Å². The van der Waals surface area contributed by atoms with Crippen LogP contribution in [0, 0.1) is 0 Å². The van der Waals surface area contributed by atoms with Crippen molar-refractivity contribution in [3.63, 3.8) is 0 Å². The number of nitrogens with zero attached hydrogens (tertiary/aromatic N) is 4. The lowest BCUT2D eigenvalue weighted by Gasteiger charge is -2.36. The van der Waals surface area contributed by atoms with Crippen molar-refractivity contribution in [3.05, 3.63) is 12.2 Å². The lowest BCUT2D eigenvalue weighted by Crippen LogP contribution is -2.51. The summed E-state index contributed by atoms with van der Waals surface area (Å²) in [5, 5.41) is 7.94. The van der Waals surface area contributed by atoms with Gasteiger partial charge in [0.25, 0.3) is 0 Å². The first-order valence-electron chi connectivity index (χ1n) is 7.42. The molecule has 1 fully saturated rings. The second-order valence-electron chi connectivity index (χ2n) is 5.76. The van der Waals surface area contributed by atoms with Crippen LogP contribution in [-0.2, 0) is 13.6 Å². The number of aryl methyl sites for hydroxylation is 1. The van der Waals surface area contributed by atoms with Crippen molar-refractivity contribution in [2.24, 2.45) is 7.05 Å². The molecule has 108 valence electrons. The molecule has 5 heteroatoms. The Bertz CT molecular complexity index is 396. The molecule has 1 atom stereocenters. The molecule has 0 aromatic carbocycles. The summed E-state index contributed by atoms with van der Waals surface area (Å²) in [6, 6.07) is 0.587. The van der Waals surface area contributed by atoms with E-state index in [-0.39, 0.29) is 5.54 Å². The summed E-state index contributed by atoms with van der Waals surface area (Å²) in [7, 11) is 1.97. The molecule has 1 aromatic rings. The Morgan fingerprint density at radius 1 is 1.42 bits per heavy atom. The largest absolute Gasteiger partial charge is 0.310 e. The molecule has 0 radical (unpaired) electrons. The number of hydrogen-bond acceptors (Lipinski definition) is 4. The average Bonchev–Trinajstić information content (AvgIpc) is 2.73. The zero-order valence-electron chi connectivity index (χ0n) is 12.7. The molecule has 1 N–H and O–H groups in total. The summed E-state index contributed by atoms with van der Waals surface area (Å²) in [4.78, 5) is 6.92. The molecule has 1 aromatic heterocycles. The first-order valence-corrected chi connectivity index (χ1v) is 7.42. The Hall–Kier alpha value is -0.940. The van der Waals surface area contributed by atoms with Crippen LogP contribution in [0.3, 0.4) is 0 Å². The van der Waals surface area contributed by atoms with Gasteiger partial charge in [0.1, 0.15) is 12.2 Å². The van der Waals surface area contributed by atoms with Gasteiger partial charge in [-0.3, -0.25) is 9.58 Å². The normalized spacial score (nSPS) is 24.3. The van der Waals surface area contributed by atoms with Crippen molar-refractivity contribution in [2.75, 3.05) is 13.1 Å². The van der Waals surface area contributed by atoms with Gasteiger partial charge in [0.2, 0.25) is 0 Å². The smallest absolute Gasteiger partial charge is 0.140 e. The maximum atomic E-state index is 4.36. The lowest BCUT2D eigenvalue weighted by atomic mass is 9.92. The molecule has 1 unspecified atom stereocenters. The van der Waals surface area contributed by atoms with Crippen LogP contribution in [0.5, 0.6) is 0 Å². The van der Waals surface area contributed by atoms with E-state index in [4.69, 9.17) is 0 Å². The van der Waals surface area contributed by atoms with Crippen molar-refractivity contribution in [1.82, 2.24) is 25.0 Å². The van der Waals surface area contributed by atoms with E-state index in [1.807, 2.05) is 11.7 Å². The maximum absolute atomic E-state index is 4.36. The molecule has 0 amide bonds. The number of nitrogens with one attached hydrogen (secondary N) is 1. The van der Waals surface area contributed by atoms with E-state index < -0.39 is 0 Å². The monoisotopic (exact) mass is 265 g/mol. The van der Waals surface area contributed by atoms with Crippen molar-refractivity contribution in [1.29, 1.82) is 0 Å². The molecule has 0 aliphatic carbocycles. The molecule has 2 rings (SSSR count). The van der Waals surface area contributed by atoms with Gasteiger partial charge in [-0.2, -0.15) is 5.10 Å². The second-order valence-corrected chi connectivity index (χ2v) is 5.76. The van der Waals surface area contributed by atoms with Gasteiger partial charge in [-0.1, -0.05) is 13.8 Å². The predicted molar refractivity (Wildman–Crippen MR) is 76.8 cm³/mol. The van der Waals surface area contributed by atoms with Gasteiger partial charge in [0.05, 0.1) is 6.54 Å². The minimum atomic E-state index is 0.253. The fourth-order valence-electron chi connectivity index (χ4n) is 2.91. The Labute approximate surface area is 116 Å². The average molecular weight is 265 g/mol. The minimum Gasteiger partial charge on any atom is -0.310 e.